The third-order valence-corrected chi connectivity index (χ3v) is 5.28. The monoisotopic (exact) mass is 309 g/mol. The predicted molar refractivity (Wildman–Crippen MR) is 82.8 cm³/mol. The van der Waals surface area contributed by atoms with Gasteiger partial charge in [-0.3, -0.25) is 4.72 Å². The lowest BCUT2D eigenvalue weighted by Gasteiger charge is -2.07. The SMILES string of the molecule is C=CCNc1ccc(NS(=O)(=O)c2ccc(C)s2)nc1. The molecule has 2 rings (SSSR count). The molecule has 0 unspecified atom stereocenters. The van der Waals surface area contributed by atoms with Crippen molar-refractivity contribution in [2.45, 2.75) is 11.1 Å². The quantitative estimate of drug-likeness (QED) is 0.805. The fourth-order valence-corrected chi connectivity index (χ4v) is 3.78. The van der Waals surface area contributed by atoms with Crippen molar-refractivity contribution in [3.8, 4) is 0 Å². The highest BCUT2D eigenvalue weighted by molar-refractivity contribution is 7.94. The van der Waals surface area contributed by atoms with Gasteiger partial charge in [0.1, 0.15) is 10.0 Å². The average molecular weight is 309 g/mol. The number of anilines is 2. The predicted octanol–water partition coefficient (Wildman–Crippen LogP) is 2.85. The van der Waals surface area contributed by atoms with Crippen LogP contribution in [0.25, 0.3) is 0 Å². The highest BCUT2D eigenvalue weighted by atomic mass is 32.2. The highest BCUT2D eigenvalue weighted by Crippen LogP contribution is 2.23. The minimum absolute atomic E-state index is 0.283. The number of nitrogens with zero attached hydrogens (tertiary/aromatic N) is 1. The molecule has 2 heterocycles. The van der Waals surface area contributed by atoms with Crippen molar-refractivity contribution in [3.63, 3.8) is 0 Å². The van der Waals surface area contributed by atoms with Crippen LogP contribution in [0.2, 0.25) is 0 Å². The molecule has 7 heteroatoms. The molecule has 0 fully saturated rings. The standard InChI is InChI=1S/C13H15N3O2S2/c1-3-8-14-11-5-6-12(15-9-11)16-20(17,18)13-7-4-10(2)19-13/h3-7,9,14H,1,8H2,2H3,(H,15,16). The number of sulfonamides is 1. The molecule has 5 nitrogen and oxygen atoms in total. The van der Waals surface area contributed by atoms with E-state index in [0.717, 1.165) is 10.6 Å². The molecule has 20 heavy (non-hydrogen) atoms. The second kappa shape index (κ2) is 6.06. The maximum atomic E-state index is 12.1. The van der Waals surface area contributed by atoms with E-state index in [1.807, 2.05) is 6.92 Å². The molecule has 0 aliphatic rings. The van der Waals surface area contributed by atoms with Crippen LogP contribution in [0.1, 0.15) is 4.88 Å². The zero-order valence-electron chi connectivity index (χ0n) is 11.0. The van der Waals surface area contributed by atoms with E-state index in [4.69, 9.17) is 0 Å². The van der Waals surface area contributed by atoms with Crippen molar-refractivity contribution in [1.29, 1.82) is 0 Å². The molecule has 0 radical (unpaired) electrons. The van der Waals surface area contributed by atoms with E-state index in [0.29, 0.717) is 12.4 Å². The number of pyridine rings is 1. The largest absolute Gasteiger partial charge is 0.380 e. The molecule has 0 atom stereocenters. The van der Waals surface area contributed by atoms with Gasteiger partial charge in [0.2, 0.25) is 0 Å². The first kappa shape index (κ1) is 14.5. The maximum Gasteiger partial charge on any atom is 0.272 e. The number of aromatic nitrogens is 1. The van der Waals surface area contributed by atoms with Gasteiger partial charge >= 0.3 is 0 Å². The average Bonchev–Trinajstić information content (AvgIpc) is 2.85. The van der Waals surface area contributed by atoms with Gasteiger partial charge in [0.25, 0.3) is 10.0 Å². The van der Waals surface area contributed by atoms with Crippen molar-refractivity contribution < 1.29 is 8.42 Å². The fourth-order valence-electron chi connectivity index (χ4n) is 1.49. The summed E-state index contributed by atoms with van der Waals surface area (Å²) in [5.74, 6) is 0.292. The van der Waals surface area contributed by atoms with Crippen LogP contribution >= 0.6 is 11.3 Å². The summed E-state index contributed by atoms with van der Waals surface area (Å²) in [5, 5.41) is 3.06. The summed E-state index contributed by atoms with van der Waals surface area (Å²) in [7, 11) is -3.55. The van der Waals surface area contributed by atoms with Crippen LogP contribution in [-0.2, 0) is 10.0 Å². The zero-order chi connectivity index (χ0) is 14.6. The maximum absolute atomic E-state index is 12.1. The van der Waals surface area contributed by atoms with Crippen LogP contribution in [0.5, 0.6) is 0 Å². The molecule has 2 aromatic rings. The second-order valence-electron chi connectivity index (χ2n) is 4.07. The number of hydrogen-bond acceptors (Lipinski definition) is 5. The summed E-state index contributed by atoms with van der Waals surface area (Å²) >= 11 is 1.23. The molecule has 0 spiro atoms. The molecule has 2 N–H and O–H groups in total. The van der Waals surface area contributed by atoms with Gasteiger partial charge in [0, 0.05) is 11.4 Å². The zero-order valence-corrected chi connectivity index (χ0v) is 12.6. The van der Waals surface area contributed by atoms with E-state index in [1.165, 1.54) is 11.3 Å². The van der Waals surface area contributed by atoms with Crippen molar-refractivity contribution in [2.75, 3.05) is 16.6 Å². The van der Waals surface area contributed by atoms with Gasteiger partial charge in [-0.25, -0.2) is 13.4 Å². The van der Waals surface area contributed by atoms with Crippen molar-refractivity contribution in [1.82, 2.24) is 4.98 Å². The topological polar surface area (TPSA) is 71.1 Å². The van der Waals surface area contributed by atoms with Gasteiger partial charge in [0.15, 0.2) is 0 Å². The van der Waals surface area contributed by atoms with Gasteiger partial charge in [-0.2, -0.15) is 0 Å². The van der Waals surface area contributed by atoms with E-state index >= 15 is 0 Å². The Bertz CT molecular complexity index is 691. The van der Waals surface area contributed by atoms with Gasteiger partial charge in [-0.1, -0.05) is 6.08 Å². The second-order valence-corrected chi connectivity index (χ2v) is 7.27. The van der Waals surface area contributed by atoms with Crippen LogP contribution in [0.3, 0.4) is 0 Å². The highest BCUT2D eigenvalue weighted by Gasteiger charge is 2.16. The molecule has 0 aliphatic carbocycles. The minimum atomic E-state index is -3.55. The molecule has 0 aromatic carbocycles. The van der Waals surface area contributed by atoms with Crippen LogP contribution in [0.4, 0.5) is 11.5 Å². The molecule has 106 valence electrons. The normalized spacial score (nSPS) is 11.1. The molecule has 2 aromatic heterocycles. The lowest BCUT2D eigenvalue weighted by atomic mass is 10.4. The smallest absolute Gasteiger partial charge is 0.272 e. The molecular formula is C13H15N3O2S2. The van der Waals surface area contributed by atoms with Crippen molar-refractivity contribution in [3.05, 3.63) is 48.0 Å². The van der Waals surface area contributed by atoms with E-state index < -0.39 is 10.0 Å². The van der Waals surface area contributed by atoms with Gasteiger partial charge in [-0.15, -0.1) is 17.9 Å². The Balaban J connectivity index is 2.11. The van der Waals surface area contributed by atoms with E-state index in [2.05, 4.69) is 21.6 Å². The molecule has 0 amide bonds. The summed E-state index contributed by atoms with van der Waals surface area (Å²) in [6, 6.07) is 6.73. The Morgan fingerprint density at radius 3 is 2.70 bits per heavy atom. The Morgan fingerprint density at radius 2 is 2.15 bits per heavy atom. The Kier molecular flexibility index (Phi) is 4.41. The first-order valence-electron chi connectivity index (χ1n) is 5.91. The summed E-state index contributed by atoms with van der Waals surface area (Å²) in [6.07, 6.45) is 3.30. The number of hydrogen-bond donors (Lipinski definition) is 2. The molecule has 0 saturated carbocycles. The van der Waals surface area contributed by atoms with Crippen molar-refractivity contribution in [2.24, 2.45) is 0 Å². The van der Waals surface area contributed by atoms with E-state index in [-0.39, 0.29) is 4.21 Å². The summed E-state index contributed by atoms with van der Waals surface area (Å²) < 4.78 is 26.9. The molecule has 0 aliphatic heterocycles. The number of thiophene rings is 1. The molecule has 0 bridgehead atoms. The Hall–Kier alpha value is -1.86. The fraction of sp³-hybridized carbons (Fsp3) is 0.154. The van der Waals surface area contributed by atoms with Gasteiger partial charge in [-0.05, 0) is 31.2 Å². The van der Waals surface area contributed by atoms with Crippen LogP contribution in [0, 0.1) is 6.92 Å². The van der Waals surface area contributed by atoms with Crippen LogP contribution in [-0.4, -0.2) is 19.9 Å². The molecule has 0 saturated heterocycles. The lowest BCUT2D eigenvalue weighted by molar-refractivity contribution is 0.603. The van der Waals surface area contributed by atoms with Crippen LogP contribution < -0.4 is 10.0 Å². The first-order valence-corrected chi connectivity index (χ1v) is 8.21. The first-order chi connectivity index (χ1) is 9.51. The summed E-state index contributed by atoms with van der Waals surface area (Å²) in [4.78, 5) is 5.01. The summed E-state index contributed by atoms with van der Waals surface area (Å²) in [6.45, 7) is 6.09. The third kappa shape index (κ3) is 3.58. The number of rotatable bonds is 6. The number of aryl methyl sites for hydroxylation is 1. The minimum Gasteiger partial charge on any atom is -0.380 e. The Labute approximate surface area is 122 Å². The third-order valence-electron chi connectivity index (χ3n) is 2.43. The van der Waals surface area contributed by atoms with E-state index in [1.54, 1.807) is 36.5 Å². The summed E-state index contributed by atoms with van der Waals surface area (Å²) in [5.41, 5.74) is 0.805. The Morgan fingerprint density at radius 1 is 1.35 bits per heavy atom. The van der Waals surface area contributed by atoms with E-state index in [9.17, 15) is 8.42 Å². The molecular weight excluding hydrogens is 294 g/mol. The lowest BCUT2D eigenvalue weighted by Crippen LogP contribution is -2.12. The van der Waals surface area contributed by atoms with Gasteiger partial charge in [0.05, 0.1) is 11.9 Å². The number of nitrogens with one attached hydrogen (secondary N) is 2. The van der Waals surface area contributed by atoms with Crippen LogP contribution in [0.15, 0.2) is 47.3 Å². The van der Waals surface area contributed by atoms with Gasteiger partial charge < -0.3 is 5.32 Å². The van der Waals surface area contributed by atoms with Crippen molar-refractivity contribution >= 4 is 32.9 Å².